The molecule has 3 rings (SSSR count). The van der Waals surface area contributed by atoms with Crippen molar-refractivity contribution < 1.29 is 28.6 Å². The van der Waals surface area contributed by atoms with Crippen LogP contribution in [-0.4, -0.2) is 41.7 Å². The summed E-state index contributed by atoms with van der Waals surface area (Å²) in [6.07, 6.45) is 1.65. The average Bonchev–Trinajstić information content (AvgIpc) is 3.19. The van der Waals surface area contributed by atoms with Gasteiger partial charge in [0.05, 0.1) is 11.5 Å². The third-order valence-electron chi connectivity index (χ3n) is 5.86. The van der Waals surface area contributed by atoms with Crippen molar-refractivity contribution in [3.05, 3.63) is 23.8 Å². The van der Waals surface area contributed by atoms with Gasteiger partial charge >= 0.3 is 6.03 Å². The summed E-state index contributed by atoms with van der Waals surface area (Å²) in [4.78, 5) is 38.2. The van der Waals surface area contributed by atoms with Crippen molar-refractivity contribution in [2.75, 3.05) is 13.4 Å². The van der Waals surface area contributed by atoms with Crippen LogP contribution in [0.2, 0.25) is 0 Å². The van der Waals surface area contributed by atoms with Crippen LogP contribution in [-0.2, 0) is 14.3 Å². The fourth-order valence-corrected chi connectivity index (χ4v) is 4.13. The zero-order chi connectivity index (χ0) is 21.9. The third-order valence-corrected chi connectivity index (χ3v) is 5.97. The van der Waals surface area contributed by atoms with Gasteiger partial charge in [-0.3, -0.25) is 9.59 Å². The van der Waals surface area contributed by atoms with Crippen molar-refractivity contribution in [3.63, 3.8) is 0 Å². The van der Waals surface area contributed by atoms with E-state index in [1.165, 1.54) is 0 Å². The predicted octanol–water partition coefficient (Wildman–Crippen LogP) is 3.72. The Morgan fingerprint density at radius 3 is 2.60 bits per heavy atom. The van der Waals surface area contributed by atoms with Crippen LogP contribution in [0.4, 0.5) is 4.79 Å². The Labute approximate surface area is 180 Å². The molecule has 1 fully saturated rings. The van der Waals surface area contributed by atoms with Crippen LogP contribution >= 0.6 is 11.6 Å². The van der Waals surface area contributed by atoms with Gasteiger partial charge in [0.1, 0.15) is 6.61 Å². The molecule has 2 aliphatic rings. The zero-order valence-corrected chi connectivity index (χ0v) is 18.2. The number of carbonyl (C=O) groups is 3. The maximum atomic E-state index is 13.0. The topological polar surface area (TPSA) is 94.2 Å². The molecule has 0 spiro atoms. The lowest BCUT2D eigenvalue weighted by molar-refractivity contribution is -0.209. The second-order valence-corrected chi connectivity index (χ2v) is 7.88. The molecular weight excluding hydrogens is 412 g/mol. The summed E-state index contributed by atoms with van der Waals surface area (Å²) in [6, 6.07) is 4.63. The maximum Gasteiger partial charge on any atom is 0.326 e. The largest absolute Gasteiger partial charge is 0.454 e. The average molecular weight is 439 g/mol. The number of β-lactam (4-membered cyclic amide) rings is 1. The number of carbonyl (C=O) groups excluding carboxylic acids is 3. The molecule has 0 aliphatic carbocycles. The highest BCUT2D eigenvalue weighted by molar-refractivity contribution is 6.63. The minimum absolute atomic E-state index is 0.167. The number of ether oxygens (including phenoxy) is 3. The van der Waals surface area contributed by atoms with E-state index < -0.39 is 22.9 Å². The summed E-state index contributed by atoms with van der Waals surface area (Å²) >= 11 is 5.41. The Bertz CT molecular complexity index is 826. The Balaban J connectivity index is 1.78. The summed E-state index contributed by atoms with van der Waals surface area (Å²) in [5.41, 5.74) is 0.0240. The fourth-order valence-electron chi connectivity index (χ4n) is 4.07. The minimum Gasteiger partial charge on any atom is -0.454 e. The second-order valence-electron chi connectivity index (χ2n) is 7.46. The number of imide groups is 1. The van der Waals surface area contributed by atoms with Crippen LogP contribution in [0.25, 0.3) is 0 Å². The highest BCUT2D eigenvalue weighted by Gasteiger charge is 2.62. The molecule has 1 aromatic rings. The summed E-state index contributed by atoms with van der Waals surface area (Å²) < 4.78 is 16.4. The Kier molecular flexibility index (Phi) is 6.88. The molecule has 2 heterocycles. The van der Waals surface area contributed by atoms with Gasteiger partial charge in [-0.15, -0.1) is 0 Å². The first-order chi connectivity index (χ1) is 14.4. The standard InChI is InChI=1S/C21H27ClN2O6/c1-4-7-14(13-8-9-15-16(10-13)30-12-29-15)23-20(27)24-18(26)21(5-2,6-3)19(24)28-11-17(22)25/h8-10,14,19H,4-7,11-12H2,1-3H3,(H,23,27)/t14-,19+/m1/s1. The van der Waals surface area contributed by atoms with Crippen molar-refractivity contribution in [1.82, 2.24) is 10.2 Å². The van der Waals surface area contributed by atoms with E-state index in [4.69, 9.17) is 25.8 Å². The molecule has 1 saturated heterocycles. The van der Waals surface area contributed by atoms with Gasteiger partial charge < -0.3 is 19.5 Å². The van der Waals surface area contributed by atoms with Gasteiger partial charge in [-0.05, 0) is 48.6 Å². The number of nitrogens with one attached hydrogen (secondary N) is 1. The Hall–Kier alpha value is -2.32. The Morgan fingerprint density at radius 2 is 1.97 bits per heavy atom. The van der Waals surface area contributed by atoms with Gasteiger partial charge in [0.25, 0.3) is 0 Å². The number of benzene rings is 1. The lowest BCUT2D eigenvalue weighted by atomic mass is 9.72. The first-order valence-electron chi connectivity index (χ1n) is 10.2. The lowest BCUT2D eigenvalue weighted by Gasteiger charge is -2.53. The molecule has 0 radical (unpaired) electrons. The molecule has 164 valence electrons. The molecule has 9 heteroatoms. The van der Waals surface area contributed by atoms with E-state index in [2.05, 4.69) is 5.32 Å². The normalized spacial score (nSPS) is 19.9. The van der Waals surface area contributed by atoms with Gasteiger partial charge in [-0.1, -0.05) is 33.3 Å². The van der Waals surface area contributed by atoms with Gasteiger partial charge in [0, 0.05) is 0 Å². The van der Waals surface area contributed by atoms with Crippen molar-refractivity contribution in [3.8, 4) is 11.5 Å². The number of fused-ring (bicyclic) bond motifs is 1. The van der Waals surface area contributed by atoms with Gasteiger partial charge in [0.2, 0.25) is 17.9 Å². The molecule has 0 saturated carbocycles. The van der Waals surface area contributed by atoms with Crippen LogP contribution in [0, 0.1) is 5.41 Å². The van der Waals surface area contributed by atoms with Crippen LogP contribution < -0.4 is 14.8 Å². The molecular formula is C21H27ClN2O6. The minimum atomic E-state index is -0.832. The molecule has 0 aromatic heterocycles. The number of hydrogen-bond donors (Lipinski definition) is 1. The quantitative estimate of drug-likeness (QED) is 0.466. The molecule has 1 N–H and O–H groups in total. The number of rotatable bonds is 9. The Morgan fingerprint density at radius 1 is 1.27 bits per heavy atom. The molecule has 0 bridgehead atoms. The molecule has 0 unspecified atom stereocenters. The fraction of sp³-hybridized carbons (Fsp3) is 0.571. The number of hydrogen-bond acceptors (Lipinski definition) is 6. The van der Waals surface area contributed by atoms with E-state index in [-0.39, 0.29) is 25.3 Å². The van der Waals surface area contributed by atoms with Gasteiger partial charge in [-0.25, -0.2) is 9.69 Å². The zero-order valence-electron chi connectivity index (χ0n) is 17.4. The van der Waals surface area contributed by atoms with Gasteiger partial charge in [-0.2, -0.15) is 0 Å². The van der Waals surface area contributed by atoms with E-state index in [0.717, 1.165) is 16.9 Å². The van der Waals surface area contributed by atoms with Crippen molar-refractivity contribution >= 4 is 28.8 Å². The van der Waals surface area contributed by atoms with Crippen LogP contribution in [0.5, 0.6) is 11.5 Å². The summed E-state index contributed by atoms with van der Waals surface area (Å²) in [5, 5.41) is 2.25. The van der Waals surface area contributed by atoms with Crippen molar-refractivity contribution in [1.29, 1.82) is 0 Å². The number of amides is 3. The number of halogens is 1. The van der Waals surface area contributed by atoms with E-state index >= 15 is 0 Å². The molecule has 3 amide bonds. The number of nitrogens with zero attached hydrogens (tertiary/aromatic N) is 1. The SMILES string of the molecule is CCC[C@@H](NC(=O)N1C(=O)C(CC)(CC)[C@@H]1OCC(=O)Cl)c1ccc2c(c1)OCO2. The van der Waals surface area contributed by atoms with Crippen molar-refractivity contribution in [2.45, 2.75) is 58.7 Å². The third kappa shape index (κ3) is 3.98. The molecule has 8 nitrogen and oxygen atoms in total. The summed E-state index contributed by atoms with van der Waals surface area (Å²) in [6.45, 7) is 5.54. The lowest BCUT2D eigenvalue weighted by Crippen LogP contribution is -2.72. The second kappa shape index (κ2) is 9.22. The predicted molar refractivity (Wildman–Crippen MR) is 109 cm³/mol. The van der Waals surface area contributed by atoms with Crippen LogP contribution in [0.15, 0.2) is 18.2 Å². The van der Waals surface area contributed by atoms with E-state index in [0.29, 0.717) is 30.8 Å². The molecule has 2 atom stereocenters. The number of urea groups is 1. The number of likely N-dealkylation sites (tertiary alicyclic amines) is 1. The van der Waals surface area contributed by atoms with E-state index in [1.807, 2.05) is 32.9 Å². The smallest absolute Gasteiger partial charge is 0.326 e. The first kappa shape index (κ1) is 22.4. The van der Waals surface area contributed by atoms with Crippen LogP contribution in [0.1, 0.15) is 58.1 Å². The molecule has 1 aromatic carbocycles. The monoisotopic (exact) mass is 438 g/mol. The summed E-state index contributed by atoms with van der Waals surface area (Å²) in [7, 11) is 0. The highest BCUT2D eigenvalue weighted by atomic mass is 35.5. The summed E-state index contributed by atoms with van der Waals surface area (Å²) in [5.74, 6) is 0.978. The van der Waals surface area contributed by atoms with E-state index in [1.54, 1.807) is 6.07 Å². The van der Waals surface area contributed by atoms with Crippen LogP contribution in [0.3, 0.4) is 0 Å². The first-order valence-corrected chi connectivity index (χ1v) is 10.6. The molecule has 2 aliphatic heterocycles. The van der Waals surface area contributed by atoms with E-state index in [9.17, 15) is 14.4 Å². The van der Waals surface area contributed by atoms with Gasteiger partial charge in [0.15, 0.2) is 17.7 Å². The maximum absolute atomic E-state index is 13.0. The molecule has 30 heavy (non-hydrogen) atoms. The highest BCUT2D eigenvalue weighted by Crippen LogP contribution is 2.46. The van der Waals surface area contributed by atoms with Crippen molar-refractivity contribution in [2.24, 2.45) is 5.41 Å².